The number of para-hydroxylation sites is 2. The van der Waals surface area contributed by atoms with Crippen LogP contribution in [0.2, 0.25) is 0 Å². The van der Waals surface area contributed by atoms with Gasteiger partial charge in [0.15, 0.2) is 0 Å². The summed E-state index contributed by atoms with van der Waals surface area (Å²) >= 11 is 0. The van der Waals surface area contributed by atoms with E-state index in [0.717, 1.165) is 45.1 Å². The number of hydrogen-bond donors (Lipinski definition) is 0. The molecular formula is C14H20N2O2. The maximum Gasteiger partial charge on any atom is 0.142 e. The molecule has 3 rings (SSSR count). The zero-order valence-electron chi connectivity index (χ0n) is 10.8. The quantitative estimate of drug-likeness (QED) is 0.749. The van der Waals surface area contributed by atoms with E-state index in [1.807, 2.05) is 12.1 Å². The highest BCUT2D eigenvalue weighted by Crippen LogP contribution is 2.28. The van der Waals surface area contributed by atoms with Crippen LogP contribution in [0.4, 0.5) is 5.69 Å². The standard InChI is InChI=1S/C14H20N2O2/c1-17-14-5-3-2-4-13(14)16-8-6-15(7-9-16)10-12-11-18-12/h2-5,12H,6-11H2,1H3/t12-/m0/s1. The monoisotopic (exact) mass is 248 g/mol. The van der Waals surface area contributed by atoms with E-state index in [0.29, 0.717) is 6.10 Å². The number of nitrogens with zero attached hydrogens (tertiary/aromatic N) is 2. The molecule has 0 N–H and O–H groups in total. The largest absolute Gasteiger partial charge is 0.495 e. The maximum absolute atomic E-state index is 5.42. The molecule has 0 saturated carbocycles. The Morgan fingerprint density at radius 3 is 2.61 bits per heavy atom. The average Bonchev–Trinajstić information content (AvgIpc) is 3.24. The lowest BCUT2D eigenvalue weighted by molar-refractivity contribution is 0.230. The number of methoxy groups -OCH3 is 1. The van der Waals surface area contributed by atoms with Crippen LogP contribution in [0.25, 0.3) is 0 Å². The van der Waals surface area contributed by atoms with Crippen LogP contribution in [-0.2, 0) is 4.74 Å². The second-order valence-corrected chi connectivity index (χ2v) is 4.91. The van der Waals surface area contributed by atoms with Gasteiger partial charge in [-0.2, -0.15) is 0 Å². The molecule has 2 saturated heterocycles. The summed E-state index contributed by atoms with van der Waals surface area (Å²) in [6.07, 6.45) is 0.503. The van der Waals surface area contributed by atoms with Crippen LogP contribution in [-0.4, -0.2) is 57.4 Å². The van der Waals surface area contributed by atoms with Gasteiger partial charge in [0, 0.05) is 32.7 Å². The summed E-state index contributed by atoms with van der Waals surface area (Å²) in [5, 5.41) is 0. The molecule has 18 heavy (non-hydrogen) atoms. The third-order valence-electron chi connectivity index (χ3n) is 3.66. The Kier molecular flexibility index (Phi) is 3.39. The Labute approximate surface area is 108 Å². The molecule has 1 aromatic rings. The van der Waals surface area contributed by atoms with Crippen molar-refractivity contribution >= 4 is 5.69 Å². The van der Waals surface area contributed by atoms with Gasteiger partial charge in [-0.1, -0.05) is 12.1 Å². The first kappa shape index (κ1) is 11.8. The van der Waals surface area contributed by atoms with E-state index in [9.17, 15) is 0 Å². The minimum absolute atomic E-state index is 0.503. The first-order valence-electron chi connectivity index (χ1n) is 6.59. The zero-order valence-corrected chi connectivity index (χ0v) is 10.8. The van der Waals surface area contributed by atoms with Gasteiger partial charge < -0.3 is 14.4 Å². The zero-order chi connectivity index (χ0) is 12.4. The molecule has 0 aromatic heterocycles. The summed E-state index contributed by atoms with van der Waals surface area (Å²) in [4.78, 5) is 4.90. The molecule has 2 aliphatic heterocycles. The van der Waals surface area contributed by atoms with Crippen LogP contribution in [0.3, 0.4) is 0 Å². The fourth-order valence-corrected chi connectivity index (χ4v) is 2.52. The number of benzene rings is 1. The van der Waals surface area contributed by atoms with E-state index in [1.165, 1.54) is 5.69 Å². The first-order valence-corrected chi connectivity index (χ1v) is 6.59. The molecule has 0 aliphatic carbocycles. The van der Waals surface area contributed by atoms with E-state index in [1.54, 1.807) is 7.11 Å². The van der Waals surface area contributed by atoms with Crippen molar-refractivity contribution in [3.63, 3.8) is 0 Å². The lowest BCUT2D eigenvalue weighted by Crippen LogP contribution is -2.47. The van der Waals surface area contributed by atoms with Gasteiger partial charge in [0.25, 0.3) is 0 Å². The van der Waals surface area contributed by atoms with Crippen LogP contribution in [0.15, 0.2) is 24.3 Å². The number of piperazine rings is 1. The number of epoxide rings is 1. The Morgan fingerprint density at radius 2 is 1.94 bits per heavy atom. The molecule has 2 heterocycles. The average molecular weight is 248 g/mol. The van der Waals surface area contributed by atoms with Crippen molar-refractivity contribution in [3.8, 4) is 5.75 Å². The molecule has 1 aromatic carbocycles. The topological polar surface area (TPSA) is 28.2 Å². The van der Waals surface area contributed by atoms with E-state index in [4.69, 9.17) is 9.47 Å². The molecule has 98 valence electrons. The van der Waals surface area contributed by atoms with Crippen molar-refractivity contribution in [1.29, 1.82) is 0 Å². The Hall–Kier alpha value is -1.26. The third kappa shape index (κ3) is 2.60. The third-order valence-corrected chi connectivity index (χ3v) is 3.66. The highest BCUT2D eigenvalue weighted by Gasteiger charge is 2.27. The van der Waals surface area contributed by atoms with Gasteiger partial charge in [-0.3, -0.25) is 4.90 Å². The smallest absolute Gasteiger partial charge is 0.142 e. The Balaban J connectivity index is 1.60. The minimum atomic E-state index is 0.503. The second kappa shape index (κ2) is 5.16. The molecule has 4 heteroatoms. The lowest BCUT2D eigenvalue weighted by Gasteiger charge is -2.36. The Morgan fingerprint density at radius 1 is 1.22 bits per heavy atom. The fraction of sp³-hybridized carbons (Fsp3) is 0.571. The van der Waals surface area contributed by atoms with Gasteiger partial charge in [-0.15, -0.1) is 0 Å². The molecule has 0 spiro atoms. The van der Waals surface area contributed by atoms with Crippen LogP contribution >= 0.6 is 0 Å². The highest BCUT2D eigenvalue weighted by molar-refractivity contribution is 5.58. The molecule has 2 aliphatic rings. The van der Waals surface area contributed by atoms with Crippen LogP contribution < -0.4 is 9.64 Å². The molecule has 1 atom stereocenters. The van der Waals surface area contributed by atoms with Gasteiger partial charge in [0.05, 0.1) is 25.5 Å². The van der Waals surface area contributed by atoms with E-state index < -0.39 is 0 Å². The first-order chi connectivity index (χ1) is 8.86. The minimum Gasteiger partial charge on any atom is -0.495 e. The summed E-state index contributed by atoms with van der Waals surface area (Å²) in [5.74, 6) is 0.969. The summed E-state index contributed by atoms with van der Waals surface area (Å²) in [7, 11) is 1.74. The van der Waals surface area contributed by atoms with Crippen molar-refractivity contribution < 1.29 is 9.47 Å². The second-order valence-electron chi connectivity index (χ2n) is 4.91. The van der Waals surface area contributed by atoms with Gasteiger partial charge in [0.2, 0.25) is 0 Å². The van der Waals surface area contributed by atoms with Gasteiger partial charge >= 0.3 is 0 Å². The lowest BCUT2D eigenvalue weighted by atomic mass is 10.2. The van der Waals surface area contributed by atoms with Crippen molar-refractivity contribution in [2.75, 3.05) is 51.3 Å². The van der Waals surface area contributed by atoms with Crippen LogP contribution in [0, 0.1) is 0 Å². The number of ether oxygens (including phenoxy) is 2. The molecule has 0 radical (unpaired) electrons. The molecule has 4 nitrogen and oxygen atoms in total. The normalized spacial score (nSPS) is 24.1. The maximum atomic E-state index is 5.42. The summed E-state index contributed by atoms with van der Waals surface area (Å²) in [6, 6.07) is 8.25. The van der Waals surface area contributed by atoms with Crippen molar-refractivity contribution in [2.45, 2.75) is 6.10 Å². The van der Waals surface area contributed by atoms with Crippen molar-refractivity contribution in [1.82, 2.24) is 4.90 Å². The fourth-order valence-electron chi connectivity index (χ4n) is 2.52. The van der Waals surface area contributed by atoms with E-state index >= 15 is 0 Å². The van der Waals surface area contributed by atoms with E-state index in [-0.39, 0.29) is 0 Å². The molecule has 0 amide bonds. The SMILES string of the molecule is COc1ccccc1N1CCN(C[C@H]2CO2)CC1. The van der Waals surface area contributed by atoms with Crippen LogP contribution in [0.1, 0.15) is 0 Å². The number of hydrogen-bond acceptors (Lipinski definition) is 4. The predicted octanol–water partition coefficient (Wildman–Crippen LogP) is 1.22. The van der Waals surface area contributed by atoms with Gasteiger partial charge in [-0.25, -0.2) is 0 Å². The highest BCUT2D eigenvalue weighted by atomic mass is 16.6. The number of anilines is 1. The van der Waals surface area contributed by atoms with E-state index in [2.05, 4.69) is 21.9 Å². The van der Waals surface area contributed by atoms with Crippen molar-refractivity contribution in [3.05, 3.63) is 24.3 Å². The molecular weight excluding hydrogens is 228 g/mol. The predicted molar refractivity (Wildman–Crippen MR) is 71.4 cm³/mol. The molecule has 0 unspecified atom stereocenters. The molecule has 2 fully saturated rings. The van der Waals surface area contributed by atoms with Crippen molar-refractivity contribution in [2.24, 2.45) is 0 Å². The van der Waals surface area contributed by atoms with Crippen LogP contribution in [0.5, 0.6) is 5.75 Å². The summed E-state index contributed by atoms with van der Waals surface area (Å²) < 4.78 is 10.7. The van der Waals surface area contributed by atoms with Gasteiger partial charge in [-0.05, 0) is 12.1 Å². The summed E-state index contributed by atoms with van der Waals surface area (Å²) in [5.41, 5.74) is 1.21. The van der Waals surface area contributed by atoms with Gasteiger partial charge in [0.1, 0.15) is 5.75 Å². The number of rotatable bonds is 4. The molecule has 0 bridgehead atoms. The summed E-state index contributed by atoms with van der Waals surface area (Å²) in [6.45, 7) is 6.39. The Bertz CT molecular complexity index is 399.